The number of amides is 2. The monoisotopic (exact) mass is 354 g/mol. The summed E-state index contributed by atoms with van der Waals surface area (Å²) in [6.07, 6.45) is 1.62. The smallest absolute Gasteiger partial charge is 0.303 e. The van der Waals surface area contributed by atoms with Crippen molar-refractivity contribution in [1.29, 1.82) is 0 Å². The molecule has 0 aromatic heterocycles. The molecule has 7 heteroatoms. The van der Waals surface area contributed by atoms with E-state index in [0.717, 1.165) is 12.8 Å². The predicted octanol–water partition coefficient (Wildman–Crippen LogP) is 2.56. The van der Waals surface area contributed by atoms with Crippen LogP contribution in [-0.4, -0.2) is 47.4 Å². The number of rotatable bonds is 9. The molecule has 1 rings (SSSR count). The minimum absolute atomic E-state index is 0.0386. The Hall–Kier alpha value is -2.08. The minimum Gasteiger partial charge on any atom is -0.481 e. The van der Waals surface area contributed by atoms with Gasteiger partial charge in [-0.3, -0.25) is 14.4 Å². The summed E-state index contributed by atoms with van der Waals surface area (Å²) in [7, 11) is 1.65. The number of unbranched alkanes of at least 4 members (excludes halogenated alkanes) is 1. The van der Waals surface area contributed by atoms with E-state index in [9.17, 15) is 14.4 Å². The van der Waals surface area contributed by atoms with Gasteiger partial charge in [0.2, 0.25) is 5.91 Å². The molecule has 2 N–H and O–H groups in total. The number of nitrogens with zero attached hydrogens (tertiary/aromatic N) is 1. The van der Waals surface area contributed by atoms with Crippen LogP contribution in [0, 0.1) is 0 Å². The van der Waals surface area contributed by atoms with Gasteiger partial charge >= 0.3 is 5.97 Å². The van der Waals surface area contributed by atoms with E-state index in [0.29, 0.717) is 17.1 Å². The fourth-order valence-electron chi connectivity index (χ4n) is 2.17. The number of halogens is 1. The molecule has 0 aliphatic carbocycles. The summed E-state index contributed by atoms with van der Waals surface area (Å²) in [6, 6.07) is 5.48. The van der Waals surface area contributed by atoms with Gasteiger partial charge in [0.05, 0.1) is 0 Å². The number of aliphatic carboxylic acids is 1. The number of hydrogen-bond donors (Lipinski definition) is 2. The second-order valence-corrected chi connectivity index (χ2v) is 6.02. The molecule has 0 heterocycles. The molecule has 0 fully saturated rings. The molecule has 0 spiro atoms. The number of carbonyl (C=O) groups is 3. The molecule has 1 unspecified atom stereocenters. The van der Waals surface area contributed by atoms with Crippen molar-refractivity contribution in [2.45, 2.75) is 38.6 Å². The molecule has 1 aromatic rings. The topological polar surface area (TPSA) is 86.7 Å². The SMILES string of the molecule is CCCCN(C)C(=O)C(CCC(=O)O)NC(=O)c1cccc(Cl)c1. The van der Waals surface area contributed by atoms with Gasteiger partial charge in [0.25, 0.3) is 5.91 Å². The Morgan fingerprint density at radius 2 is 2.04 bits per heavy atom. The lowest BCUT2D eigenvalue weighted by molar-refractivity contribution is -0.137. The number of nitrogens with one attached hydrogen (secondary N) is 1. The van der Waals surface area contributed by atoms with Gasteiger partial charge < -0.3 is 15.3 Å². The molecule has 1 atom stereocenters. The Morgan fingerprint density at radius 1 is 1.33 bits per heavy atom. The number of benzene rings is 1. The molecule has 0 aliphatic heterocycles. The van der Waals surface area contributed by atoms with Crippen molar-refractivity contribution < 1.29 is 19.5 Å². The molecule has 1 aromatic carbocycles. The molecule has 0 bridgehead atoms. The highest BCUT2D eigenvalue weighted by Crippen LogP contribution is 2.12. The number of carboxylic acid groups (broad SMARTS) is 1. The van der Waals surface area contributed by atoms with Crippen molar-refractivity contribution in [3.63, 3.8) is 0 Å². The first-order valence-electron chi connectivity index (χ1n) is 7.88. The lowest BCUT2D eigenvalue weighted by Crippen LogP contribution is -2.47. The number of carbonyl (C=O) groups excluding carboxylic acids is 2. The summed E-state index contributed by atoms with van der Waals surface area (Å²) in [6.45, 7) is 2.58. The van der Waals surface area contributed by atoms with Crippen molar-refractivity contribution in [2.75, 3.05) is 13.6 Å². The summed E-state index contributed by atoms with van der Waals surface area (Å²) >= 11 is 5.87. The van der Waals surface area contributed by atoms with E-state index in [1.165, 1.54) is 11.0 Å². The van der Waals surface area contributed by atoms with E-state index in [1.54, 1.807) is 25.2 Å². The van der Waals surface area contributed by atoms with Gasteiger partial charge in [-0.05, 0) is 31.0 Å². The van der Waals surface area contributed by atoms with Crippen molar-refractivity contribution in [3.05, 3.63) is 34.9 Å². The maximum Gasteiger partial charge on any atom is 0.303 e. The molecule has 2 amide bonds. The lowest BCUT2D eigenvalue weighted by atomic mass is 10.1. The van der Waals surface area contributed by atoms with Crippen LogP contribution in [0.25, 0.3) is 0 Å². The molecule has 0 radical (unpaired) electrons. The largest absolute Gasteiger partial charge is 0.481 e. The average molecular weight is 355 g/mol. The zero-order valence-electron chi connectivity index (χ0n) is 13.9. The van der Waals surface area contributed by atoms with Gasteiger partial charge in [-0.2, -0.15) is 0 Å². The maximum absolute atomic E-state index is 12.5. The zero-order chi connectivity index (χ0) is 18.1. The highest BCUT2D eigenvalue weighted by Gasteiger charge is 2.25. The zero-order valence-corrected chi connectivity index (χ0v) is 14.7. The first-order valence-corrected chi connectivity index (χ1v) is 8.26. The second-order valence-electron chi connectivity index (χ2n) is 5.58. The normalized spacial score (nSPS) is 11.6. The fraction of sp³-hybridized carbons (Fsp3) is 0.471. The van der Waals surface area contributed by atoms with Crippen molar-refractivity contribution in [3.8, 4) is 0 Å². The van der Waals surface area contributed by atoms with Crippen LogP contribution in [0.15, 0.2) is 24.3 Å². The van der Waals surface area contributed by atoms with Gasteiger partial charge in [-0.1, -0.05) is 31.0 Å². The third-order valence-electron chi connectivity index (χ3n) is 3.56. The van der Waals surface area contributed by atoms with Crippen LogP contribution in [-0.2, 0) is 9.59 Å². The summed E-state index contributed by atoms with van der Waals surface area (Å²) in [5.41, 5.74) is 0.326. The van der Waals surface area contributed by atoms with Gasteiger partial charge in [0, 0.05) is 30.6 Å². The summed E-state index contributed by atoms with van der Waals surface area (Å²) in [4.78, 5) is 37.1. The first-order chi connectivity index (χ1) is 11.3. The highest BCUT2D eigenvalue weighted by molar-refractivity contribution is 6.31. The lowest BCUT2D eigenvalue weighted by Gasteiger charge is -2.24. The molecular weight excluding hydrogens is 332 g/mol. The number of carboxylic acids is 1. The third kappa shape index (κ3) is 6.58. The summed E-state index contributed by atoms with van der Waals surface area (Å²) < 4.78 is 0. The van der Waals surface area contributed by atoms with Crippen molar-refractivity contribution in [1.82, 2.24) is 10.2 Å². The van der Waals surface area contributed by atoms with E-state index >= 15 is 0 Å². The van der Waals surface area contributed by atoms with Crippen LogP contribution in [0.5, 0.6) is 0 Å². The van der Waals surface area contributed by atoms with Crippen LogP contribution in [0.1, 0.15) is 43.0 Å². The highest BCUT2D eigenvalue weighted by atomic mass is 35.5. The van der Waals surface area contributed by atoms with Crippen LogP contribution in [0.2, 0.25) is 5.02 Å². The molecule has 132 valence electrons. The van der Waals surface area contributed by atoms with Gasteiger partial charge in [0.1, 0.15) is 6.04 Å². The van der Waals surface area contributed by atoms with Gasteiger partial charge in [-0.25, -0.2) is 0 Å². The molecule has 0 saturated carbocycles. The van der Waals surface area contributed by atoms with Crippen LogP contribution >= 0.6 is 11.6 Å². The first kappa shape index (κ1) is 20.0. The van der Waals surface area contributed by atoms with E-state index in [-0.39, 0.29) is 18.7 Å². The maximum atomic E-state index is 12.5. The van der Waals surface area contributed by atoms with E-state index < -0.39 is 17.9 Å². The standard InChI is InChI=1S/C17H23ClN2O4/c1-3-4-10-20(2)17(24)14(8-9-15(21)22)19-16(23)12-6-5-7-13(18)11-12/h5-7,11,14H,3-4,8-10H2,1-2H3,(H,19,23)(H,21,22). The second kappa shape index (κ2) is 9.93. The Kier molecular flexibility index (Phi) is 8.26. The van der Waals surface area contributed by atoms with Crippen molar-refractivity contribution in [2.24, 2.45) is 0 Å². The Morgan fingerprint density at radius 3 is 2.62 bits per heavy atom. The van der Waals surface area contributed by atoms with Crippen molar-refractivity contribution >= 4 is 29.4 Å². The van der Waals surface area contributed by atoms with E-state index in [1.807, 2.05) is 6.92 Å². The Labute approximate surface area is 146 Å². The average Bonchev–Trinajstić information content (AvgIpc) is 2.55. The summed E-state index contributed by atoms with van der Waals surface area (Å²) in [5, 5.41) is 11.9. The number of hydrogen-bond acceptors (Lipinski definition) is 3. The predicted molar refractivity (Wildman–Crippen MR) is 92.1 cm³/mol. The van der Waals surface area contributed by atoms with Crippen LogP contribution in [0.4, 0.5) is 0 Å². The van der Waals surface area contributed by atoms with E-state index in [2.05, 4.69) is 5.32 Å². The Bertz CT molecular complexity index is 592. The summed E-state index contributed by atoms with van der Waals surface area (Å²) in [5.74, 6) is -1.76. The Balaban J connectivity index is 2.82. The number of likely N-dealkylation sites (N-methyl/N-ethyl adjacent to an activating group) is 1. The molecule has 6 nitrogen and oxygen atoms in total. The van der Waals surface area contributed by atoms with Crippen LogP contribution < -0.4 is 5.32 Å². The van der Waals surface area contributed by atoms with E-state index in [4.69, 9.17) is 16.7 Å². The van der Waals surface area contributed by atoms with Crippen LogP contribution in [0.3, 0.4) is 0 Å². The quantitative estimate of drug-likeness (QED) is 0.713. The van der Waals surface area contributed by atoms with Gasteiger partial charge in [0.15, 0.2) is 0 Å². The van der Waals surface area contributed by atoms with Gasteiger partial charge in [-0.15, -0.1) is 0 Å². The molecular formula is C17H23ClN2O4. The fourth-order valence-corrected chi connectivity index (χ4v) is 2.36. The third-order valence-corrected chi connectivity index (χ3v) is 3.80. The minimum atomic E-state index is -1.01. The molecule has 0 saturated heterocycles. The molecule has 0 aliphatic rings. The molecule has 24 heavy (non-hydrogen) atoms.